The van der Waals surface area contributed by atoms with Gasteiger partial charge in [0.1, 0.15) is 5.60 Å². The predicted octanol–water partition coefficient (Wildman–Crippen LogP) is 3.71. The molecule has 0 N–H and O–H groups in total. The average molecular weight is 371 g/mol. The zero-order valence-corrected chi connectivity index (χ0v) is 13.6. The third kappa shape index (κ3) is 6.58. The maximum Gasteiger partial charge on any atom is 0.307 e. The topological polar surface area (TPSA) is 50.1 Å². The van der Waals surface area contributed by atoms with E-state index in [4.69, 9.17) is 10.00 Å². The Labute approximate surface area is 128 Å². The number of carbonyl (C=O) groups excluding carboxylic acids is 1. The van der Waals surface area contributed by atoms with Gasteiger partial charge >= 0.3 is 5.97 Å². The van der Waals surface area contributed by atoms with E-state index in [1.807, 2.05) is 45.0 Å². The van der Waals surface area contributed by atoms with Crippen LogP contribution in [0, 0.1) is 20.8 Å². The van der Waals surface area contributed by atoms with E-state index in [1.165, 1.54) is 0 Å². The largest absolute Gasteiger partial charge is 0.460 e. The van der Waals surface area contributed by atoms with Crippen LogP contribution >= 0.6 is 22.6 Å². The molecule has 0 unspecified atom stereocenters. The number of nitriles is 1. The summed E-state index contributed by atoms with van der Waals surface area (Å²) in [4.78, 5) is 11.7. The highest BCUT2D eigenvalue weighted by Crippen LogP contribution is 2.16. The van der Waals surface area contributed by atoms with Gasteiger partial charge in [-0.1, -0.05) is 12.1 Å². The second-order valence-electron chi connectivity index (χ2n) is 5.45. The SMILES string of the molecule is CC(C)(C)OC(=O)C[C@H](C#N)Cc1ccc(I)cc1. The molecular weight excluding hydrogens is 353 g/mol. The second kappa shape index (κ2) is 6.90. The fourth-order valence-corrected chi connectivity index (χ4v) is 2.01. The molecule has 0 amide bonds. The van der Waals surface area contributed by atoms with Crippen molar-refractivity contribution in [2.45, 2.75) is 39.2 Å². The normalized spacial score (nSPS) is 12.6. The lowest BCUT2D eigenvalue weighted by Gasteiger charge is -2.20. The maximum absolute atomic E-state index is 11.7. The Morgan fingerprint density at radius 3 is 2.42 bits per heavy atom. The monoisotopic (exact) mass is 371 g/mol. The first-order valence-electron chi connectivity index (χ1n) is 6.16. The smallest absolute Gasteiger partial charge is 0.307 e. The molecule has 1 rings (SSSR count). The molecule has 0 aliphatic rings. The molecule has 0 fully saturated rings. The number of nitrogens with zero attached hydrogens (tertiary/aromatic N) is 1. The standard InChI is InChI=1S/C15H18INO2/c1-15(2,3)19-14(18)9-12(10-17)8-11-4-6-13(16)7-5-11/h4-7,12H,8-9H2,1-3H3/t12-/m1/s1. The summed E-state index contributed by atoms with van der Waals surface area (Å²) in [5.41, 5.74) is 0.565. The van der Waals surface area contributed by atoms with Crippen molar-refractivity contribution in [2.24, 2.45) is 5.92 Å². The first-order chi connectivity index (χ1) is 8.80. The number of halogens is 1. The van der Waals surface area contributed by atoms with Crippen LogP contribution in [-0.4, -0.2) is 11.6 Å². The van der Waals surface area contributed by atoms with E-state index in [0.29, 0.717) is 6.42 Å². The highest BCUT2D eigenvalue weighted by Gasteiger charge is 2.20. The van der Waals surface area contributed by atoms with Gasteiger partial charge in [0.2, 0.25) is 0 Å². The second-order valence-corrected chi connectivity index (χ2v) is 6.69. The number of rotatable bonds is 4. The molecule has 102 valence electrons. The van der Waals surface area contributed by atoms with Crippen LogP contribution in [0.5, 0.6) is 0 Å². The number of ether oxygens (including phenoxy) is 1. The van der Waals surface area contributed by atoms with Crippen molar-refractivity contribution in [2.75, 3.05) is 0 Å². The van der Waals surface area contributed by atoms with E-state index >= 15 is 0 Å². The molecule has 1 aromatic carbocycles. The van der Waals surface area contributed by atoms with Crippen molar-refractivity contribution in [3.63, 3.8) is 0 Å². The lowest BCUT2D eigenvalue weighted by atomic mass is 9.97. The van der Waals surface area contributed by atoms with Crippen molar-refractivity contribution in [1.82, 2.24) is 0 Å². The summed E-state index contributed by atoms with van der Waals surface area (Å²) in [6.45, 7) is 5.47. The Hall–Kier alpha value is -1.09. The molecule has 0 aromatic heterocycles. The summed E-state index contributed by atoms with van der Waals surface area (Å²) in [5, 5.41) is 9.13. The first kappa shape index (κ1) is 16.0. The van der Waals surface area contributed by atoms with Gasteiger partial charge in [-0.3, -0.25) is 4.79 Å². The van der Waals surface area contributed by atoms with Gasteiger partial charge in [-0.2, -0.15) is 5.26 Å². The van der Waals surface area contributed by atoms with E-state index in [0.717, 1.165) is 9.13 Å². The Kier molecular flexibility index (Phi) is 5.80. The molecule has 4 heteroatoms. The van der Waals surface area contributed by atoms with Gasteiger partial charge in [0.25, 0.3) is 0 Å². The summed E-state index contributed by atoms with van der Waals surface area (Å²) in [6, 6.07) is 10.1. The first-order valence-corrected chi connectivity index (χ1v) is 7.24. The molecule has 0 heterocycles. The molecule has 19 heavy (non-hydrogen) atoms. The molecule has 0 aliphatic heterocycles. The van der Waals surface area contributed by atoms with Crippen LogP contribution in [0.1, 0.15) is 32.8 Å². The van der Waals surface area contributed by atoms with Gasteiger partial charge in [-0.05, 0) is 67.5 Å². The van der Waals surface area contributed by atoms with Crippen molar-refractivity contribution >= 4 is 28.6 Å². The van der Waals surface area contributed by atoms with E-state index in [9.17, 15) is 4.79 Å². The Bertz CT molecular complexity index is 468. The molecule has 0 spiro atoms. The zero-order chi connectivity index (χ0) is 14.5. The lowest BCUT2D eigenvalue weighted by Crippen LogP contribution is -2.25. The van der Waals surface area contributed by atoms with Crippen molar-refractivity contribution in [3.05, 3.63) is 33.4 Å². The summed E-state index contributed by atoms with van der Waals surface area (Å²) < 4.78 is 6.39. The molecule has 0 bridgehead atoms. The van der Waals surface area contributed by atoms with Crippen LogP contribution in [0.2, 0.25) is 0 Å². The average Bonchev–Trinajstić information content (AvgIpc) is 2.28. The van der Waals surface area contributed by atoms with Gasteiger partial charge in [-0.25, -0.2) is 0 Å². The molecule has 1 aromatic rings. The van der Waals surface area contributed by atoms with E-state index in [2.05, 4.69) is 28.7 Å². The van der Waals surface area contributed by atoms with Crippen LogP contribution in [-0.2, 0) is 16.0 Å². The number of hydrogen-bond donors (Lipinski definition) is 0. The van der Waals surface area contributed by atoms with Crippen molar-refractivity contribution in [3.8, 4) is 6.07 Å². The van der Waals surface area contributed by atoms with Crippen molar-refractivity contribution in [1.29, 1.82) is 5.26 Å². The van der Waals surface area contributed by atoms with E-state index in [-0.39, 0.29) is 18.3 Å². The number of esters is 1. The Balaban J connectivity index is 2.57. The lowest BCUT2D eigenvalue weighted by molar-refractivity contribution is -0.155. The fourth-order valence-electron chi connectivity index (χ4n) is 1.65. The summed E-state index contributed by atoms with van der Waals surface area (Å²) in [5.74, 6) is -0.653. The summed E-state index contributed by atoms with van der Waals surface area (Å²) in [6.07, 6.45) is 0.715. The maximum atomic E-state index is 11.7. The number of hydrogen-bond acceptors (Lipinski definition) is 3. The predicted molar refractivity (Wildman–Crippen MR) is 82.4 cm³/mol. The third-order valence-corrected chi connectivity index (χ3v) is 3.13. The van der Waals surface area contributed by atoms with Gasteiger partial charge in [0.15, 0.2) is 0 Å². The van der Waals surface area contributed by atoms with E-state index < -0.39 is 5.60 Å². The third-order valence-electron chi connectivity index (χ3n) is 2.41. The van der Waals surface area contributed by atoms with Crippen LogP contribution in [0.15, 0.2) is 24.3 Å². The molecule has 0 radical (unpaired) electrons. The fraction of sp³-hybridized carbons (Fsp3) is 0.467. The van der Waals surface area contributed by atoms with Crippen LogP contribution in [0.25, 0.3) is 0 Å². The highest BCUT2D eigenvalue weighted by molar-refractivity contribution is 14.1. The molecule has 0 aliphatic carbocycles. The summed E-state index contributed by atoms with van der Waals surface area (Å²) >= 11 is 2.23. The number of benzene rings is 1. The van der Waals surface area contributed by atoms with Gasteiger partial charge in [0, 0.05) is 3.57 Å². The van der Waals surface area contributed by atoms with Gasteiger partial charge in [0.05, 0.1) is 18.4 Å². The molecule has 0 saturated carbocycles. The minimum absolute atomic E-state index is 0.139. The van der Waals surface area contributed by atoms with Gasteiger partial charge in [-0.15, -0.1) is 0 Å². The molecule has 3 nitrogen and oxygen atoms in total. The zero-order valence-electron chi connectivity index (χ0n) is 11.4. The highest BCUT2D eigenvalue weighted by atomic mass is 127. The van der Waals surface area contributed by atoms with E-state index in [1.54, 1.807) is 0 Å². The number of carbonyl (C=O) groups is 1. The minimum Gasteiger partial charge on any atom is -0.460 e. The van der Waals surface area contributed by atoms with Gasteiger partial charge < -0.3 is 4.74 Å². The quantitative estimate of drug-likeness (QED) is 0.599. The van der Waals surface area contributed by atoms with Crippen LogP contribution in [0.3, 0.4) is 0 Å². The van der Waals surface area contributed by atoms with Crippen LogP contribution in [0.4, 0.5) is 0 Å². The minimum atomic E-state index is -0.500. The Morgan fingerprint density at radius 2 is 1.95 bits per heavy atom. The summed E-state index contributed by atoms with van der Waals surface area (Å²) in [7, 11) is 0. The van der Waals surface area contributed by atoms with Crippen LogP contribution < -0.4 is 0 Å². The Morgan fingerprint density at radius 1 is 1.37 bits per heavy atom. The van der Waals surface area contributed by atoms with Crippen molar-refractivity contribution < 1.29 is 9.53 Å². The molecular formula is C15H18INO2. The molecule has 0 saturated heterocycles. The molecule has 1 atom stereocenters.